The van der Waals surface area contributed by atoms with E-state index in [1.54, 1.807) is 18.5 Å². The number of amides is 1. The molecule has 0 aliphatic carbocycles. The molecule has 2 aromatic rings. The number of rotatable bonds is 7. The van der Waals surface area contributed by atoms with Crippen LogP contribution in [0.4, 0.5) is 4.79 Å². The maximum Gasteiger partial charge on any atom is 0.414 e. The quantitative estimate of drug-likeness (QED) is 0.766. The number of ether oxygens (including phenoxy) is 2. The minimum atomic E-state index is -0.524. The van der Waals surface area contributed by atoms with Crippen LogP contribution in [-0.4, -0.2) is 28.4 Å². The molecular formula is C16H23N3O3. The van der Waals surface area contributed by atoms with Crippen molar-refractivity contribution in [1.82, 2.24) is 15.3 Å². The van der Waals surface area contributed by atoms with Crippen LogP contribution < -0.4 is 10.1 Å². The van der Waals surface area contributed by atoms with Gasteiger partial charge in [0.05, 0.1) is 17.9 Å². The van der Waals surface area contributed by atoms with Crippen LogP contribution in [0.2, 0.25) is 0 Å². The molecule has 2 N–H and O–H groups in total. The zero-order chi connectivity index (χ0) is 15.9. The van der Waals surface area contributed by atoms with Crippen molar-refractivity contribution >= 4 is 17.1 Å². The van der Waals surface area contributed by atoms with Crippen molar-refractivity contribution in [2.45, 2.75) is 52.4 Å². The lowest BCUT2D eigenvalue weighted by Gasteiger charge is -2.22. The van der Waals surface area contributed by atoms with Gasteiger partial charge in [-0.2, -0.15) is 0 Å². The van der Waals surface area contributed by atoms with Gasteiger partial charge in [0.15, 0.2) is 5.75 Å². The van der Waals surface area contributed by atoms with Crippen LogP contribution in [-0.2, 0) is 4.74 Å². The average molecular weight is 305 g/mol. The second-order valence-corrected chi connectivity index (χ2v) is 5.22. The fourth-order valence-corrected chi connectivity index (χ4v) is 2.10. The number of nitrogens with zero attached hydrogens (tertiary/aromatic N) is 1. The van der Waals surface area contributed by atoms with Crippen LogP contribution in [0.5, 0.6) is 5.75 Å². The first kappa shape index (κ1) is 16.3. The summed E-state index contributed by atoms with van der Waals surface area (Å²) < 4.78 is 11.2. The third-order valence-corrected chi connectivity index (χ3v) is 3.42. The highest BCUT2D eigenvalue weighted by atomic mass is 16.6. The first-order valence-corrected chi connectivity index (χ1v) is 7.70. The van der Waals surface area contributed by atoms with Crippen molar-refractivity contribution < 1.29 is 14.3 Å². The van der Waals surface area contributed by atoms with Crippen molar-refractivity contribution in [3.8, 4) is 5.75 Å². The third kappa shape index (κ3) is 4.21. The Balaban J connectivity index is 2.00. The van der Waals surface area contributed by atoms with E-state index in [1.807, 2.05) is 26.8 Å². The number of carbonyl (C=O) groups is 1. The lowest BCUT2D eigenvalue weighted by Crippen LogP contribution is -2.40. The van der Waals surface area contributed by atoms with Crippen LogP contribution in [0.1, 0.15) is 40.0 Å². The Morgan fingerprint density at radius 3 is 2.95 bits per heavy atom. The number of benzene rings is 1. The molecule has 0 saturated carbocycles. The average Bonchev–Trinajstić information content (AvgIpc) is 2.96. The molecule has 0 aliphatic rings. The lowest BCUT2D eigenvalue weighted by atomic mass is 10.3. The molecule has 22 heavy (non-hydrogen) atoms. The second kappa shape index (κ2) is 7.79. The molecular weight excluding hydrogens is 282 g/mol. The number of hydrogen-bond donors (Lipinski definition) is 2. The normalized spacial score (nSPS) is 13.8. The highest BCUT2D eigenvalue weighted by Gasteiger charge is 2.17. The summed E-state index contributed by atoms with van der Waals surface area (Å²) in [6.07, 6.45) is 3.35. The van der Waals surface area contributed by atoms with Gasteiger partial charge in [0.2, 0.25) is 0 Å². The molecule has 6 heteroatoms. The number of para-hydroxylation sites is 1. The molecule has 120 valence electrons. The molecule has 2 unspecified atom stereocenters. The van der Waals surface area contributed by atoms with Gasteiger partial charge in [-0.15, -0.1) is 0 Å². The van der Waals surface area contributed by atoms with Crippen LogP contribution in [0, 0.1) is 0 Å². The standard InChI is InChI=1S/C16H23N3O3/c1-4-7-14(21-11(3)5-2)19-16(20)22-13-9-6-8-12-15(13)18-10-17-12/h6,8-11,14H,4-5,7H2,1-3H3,(H,17,18)(H,19,20). The van der Waals surface area contributed by atoms with E-state index in [9.17, 15) is 4.79 Å². The van der Waals surface area contributed by atoms with E-state index in [0.717, 1.165) is 24.8 Å². The number of fused-ring (bicyclic) bond motifs is 1. The van der Waals surface area contributed by atoms with E-state index >= 15 is 0 Å². The van der Waals surface area contributed by atoms with Crippen LogP contribution in [0.25, 0.3) is 11.0 Å². The molecule has 1 amide bonds. The zero-order valence-corrected chi connectivity index (χ0v) is 13.3. The molecule has 0 radical (unpaired) electrons. The molecule has 1 heterocycles. The molecule has 0 bridgehead atoms. The summed E-state index contributed by atoms with van der Waals surface area (Å²) >= 11 is 0. The molecule has 0 aliphatic heterocycles. The molecule has 1 aromatic heterocycles. The number of nitrogens with one attached hydrogen (secondary N) is 2. The predicted octanol–water partition coefficient (Wildman–Crippen LogP) is 3.59. The minimum Gasteiger partial charge on any atom is -0.408 e. The van der Waals surface area contributed by atoms with Gasteiger partial charge in [-0.05, 0) is 31.9 Å². The van der Waals surface area contributed by atoms with Crippen LogP contribution in [0.3, 0.4) is 0 Å². The Bertz CT molecular complexity index is 611. The van der Waals surface area contributed by atoms with Gasteiger partial charge in [-0.1, -0.05) is 26.3 Å². The summed E-state index contributed by atoms with van der Waals surface area (Å²) in [5.74, 6) is 0.450. The summed E-state index contributed by atoms with van der Waals surface area (Å²) in [6.45, 7) is 6.08. The van der Waals surface area contributed by atoms with Gasteiger partial charge in [-0.3, -0.25) is 5.32 Å². The Morgan fingerprint density at radius 1 is 1.41 bits per heavy atom. The Labute approximate surface area is 130 Å². The van der Waals surface area contributed by atoms with Gasteiger partial charge in [0.1, 0.15) is 11.7 Å². The highest BCUT2D eigenvalue weighted by Crippen LogP contribution is 2.22. The SMILES string of the molecule is CCCC(NC(=O)Oc1cccc2nc[nH]c12)OC(C)CC. The van der Waals surface area contributed by atoms with Gasteiger partial charge < -0.3 is 14.5 Å². The highest BCUT2D eigenvalue weighted by molar-refractivity contribution is 5.84. The maximum absolute atomic E-state index is 12.1. The van der Waals surface area contributed by atoms with Crippen molar-refractivity contribution in [3.63, 3.8) is 0 Å². The molecule has 2 rings (SSSR count). The Kier molecular flexibility index (Phi) is 5.77. The Morgan fingerprint density at radius 2 is 2.23 bits per heavy atom. The van der Waals surface area contributed by atoms with Crippen LogP contribution in [0.15, 0.2) is 24.5 Å². The number of carbonyl (C=O) groups excluding carboxylic acids is 1. The van der Waals surface area contributed by atoms with E-state index in [-0.39, 0.29) is 12.3 Å². The predicted molar refractivity (Wildman–Crippen MR) is 84.8 cm³/mol. The fraction of sp³-hybridized carbons (Fsp3) is 0.500. The molecule has 1 aromatic carbocycles. The van der Waals surface area contributed by atoms with Crippen molar-refractivity contribution in [3.05, 3.63) is 24.5 Å². The summed E-state index contributed by atoms with van der Waals surface area (Å²) in [5.41, 5.74) is 1.46. The number of imidazole rings is 1. The first-order valence-electron chi connectivity index (χ1n) is 7.70. The van der Waals surface area contributed by atoms with Crippen molar-refractivity contribution in [2.75, 3.05) is 0 Å². The number of aromatic amines is 1. The van der Waals surface area contributed by atoms with Gasteiger partial charge in [0, 0.05) is 0 Å². The molecule has 0 spiro atoms. The monoisotopic (exact) mass is 305 g/mol. The van der Waals surface area contributed by atoms with E-state index in [0.29, 0.717) is 11.3 Å². The van der Waals surface area contributed by atoms with Crippen molar-refractivity contribution in [1.29, 1.82) is 0 Å². The number of hydrogen-bond acceptors (Lipinski definition) is 4. The fourth-order valence-electron chi connectivity index (χ4n) is 2.10. The number of aromatic nitrogens is 2. The van der Waals surface area contributed by atoms with Crippen LogP contribution >= 0.6 is 0 Å². The van der Waals surface area contributed by atoms with Crippen molar-refractivity contribution in [2.24, 2.45) is 0 Å². The van der Waals surface area contributed by atoms with Gasteiger partial charge >= 0.3 is 6.09 Å². The molecule has 6 nitrogen and oxygen atoms in total. The summed E-state index contributed by atoms with van der Waals surface area (Å²) in [7, 11) is 0. The van der Waals surface area contributed by atoms with E-state index < -0.39 is 6.09 Å². The van der Waals surface area contributed by atoms with Gasteiger partial charge in [-0.25, -0.2) is 9.78 Å². The topological polar surface area (TPSA) is 76.2 Å². The van der Waals surface area contributed by atoms with Gasteiger partial charge in [0.25, 0.3) is 0 Å². The summed E-state index contributed by atoms with van der Waals surface area (Å²) in [5, 5.41) is 2.77. The lowest BCUT2D eigenvalue weighted by molar-refractivity contribution is -0.0229. The smallest absolute Gasteiger partial charge is 0.408 e. The molecule has 0 fully saturated rings. The van der Waals surface area contributed by atoms with E-state index in [2.05, 4.69) is 15.3 Å². The first-order chi connectivity index (χ1) is 10.6. The van der Waals surface area contributed by atoms with E-state index in [4.69, 9.17) is 9.47 Å². The molecule has 0 saturated heterocycles. The number of H-pyrrole nitrogens is 1. The Hall–Kier alpha value is -2.08. The third-order valence-electron chi connectivity index (χ3n) is 3.42. The molecule has 2 atom stereocenters. The zero-order valence-electron chi connectivity index (χ0n) is 13.3. The summed E-state index contributed by atoms with van der Waals surface area (Å²) in [4.78, 5) is 19.2. The summed E-state index contributed by atoms with van der Waals surface area (Å²) in [6, 6.07) is 5.37. The largest absolute Gasteiger partial charge is 0.414 e. The van der Waals surface area contributed by atoms with E-state index in [1.165, 1.54) is 0 Å². The minimum absolute atomic E-state index is 0.0906. The maximum atomic E-state index is 12.1. The second-order valence-electron chi connectivity index (χ2n) is 5.22.